The van der Waals surface area contributed by atoms with Crippen LogP contribution in [0.3, 0.4) is 0 Å². The summed E-state index contributed by atoms with van der Waals surface area (Å²) in [6.45, 7) is 5.04. The summed E-state index contributed by atoms with van der Waals surface area (Å²) in [7, 11) is 0. The van der Waals surface area contributed by atoms with Gasteiger partial charge in [-0.05, 0) is 39.7 Å². The van der Waals surface area contributed by atoms with Gasteiger partial charge >= 0.3 is 0 Å². The Kier molecular flexibility index (Phi) is 6.49. The molecule has 0 radical (unpaired) electrons. The maximum atomic E-state index is 10.7. The molecule has 0 aromatic heterocycles. The van der Waals surface area contributed by atoms with Crippen molar-refractivity contribution in [1.29, 1.82) is 0 Å². The van der Waals surface area contributed by atoms with Crippen molar-refractivity contribution in [3.05, 3.63) is 0 Å². The molecule has 0 aliphatic heterocycles. The Balaban J connectivity index is 3.50. The molecule has 0 unspecified atom stereocenters. The van der Waals surface area contributed by atoms with Gasteiger partial charge in [0.15, 0.2) is 0 Å². The predicted molar refractivity (Wildman–Crippen MR) is 56.8 cm³/mol. The van der Waals surface area contributed by atoms with Crippen LogP contribution in [-0.2, 0) is 4.79 Å². The van der Waals surface area contributed by atoms with Crippen molar-refractivity contribution >= 4 is 5.91 Å². The molecule has 4 N–H and O–H groups in total. The molecule has 0 saturated heterocycles. The fraction of sp³-hybridized carbons (Fsp3) is 0.900. The van der Waals surface area contributed by atoms with E-state index in [9.17, 15) is 4.79 Å². The lowest BCUT2D eigenvalue weighted by Gasteiger charge is -2.24. The second-order valence-corrected chi connectivity index (χ2v) is 4.24. The topological polar surface area (TPSA) is 75.4 Å². The smallest absolute Gasteiger partial charge is 0.219 e. The first-order chi connectivity index (χ1) is 6.48. The van der Waals surface area contributed by atoms with Gasteiger partial charge in [-0.25, -0.2) is 0 Å². The lowest BCUT2D eigenvalue weighted by Crippen LogP contribution is -2.43. The van der Waals surface area contributed by atoms with E-state index < -0.39 is 0 Å². The van der Waals surface area contributed by atoms with E-state index in [0.29, 0.717) is 6.42 Å². The number of primary amides is 1. The highest BCUT2D eigenvalue weighted by molar-refractivity contribution is 5.74. The Morgan fingerprint density at radius 3 is 2.50 bits per heavy atom. The highest BCUT2D eigenvalue weighted by Gasteiger charge is 2.18. The van der Waals surface area contributed by atoms with Gasteiger partial charge in [0.2, 0.25) is 5.91 Å². The summed E-state index contributed by atoms with van der Waals surface area (Å²) in [5.74, 6) is -0.280. The zero-order valence-electron chi connectivity index (χ0n) is 9.18. The van der Waals surface area contributed by atoms with Crippen molar-refractivity contribution in [2.45, 2.75) is 45.1 Å². The lowest BCUT2D eigenvalue weighted by atomic mass is 10.00. The fourth-order valence-electron chi connectivity index (χ4n) is 1.34. The number of aliphatic hydroxyl groups is 1. The van der Waals surface area contributed by atoms with Crippen LogP contribution >= 0.6 is 0 Å². The number of hydrogen-bond acceptors (Lipinski definition) is 3. The summed E-state index contributed by atoms with van der Waals surface area (Å²) in [5.41, 5.74) is 4.90. The molecule has 14 heavy (non-hydrogen) atoms. The van der Waals surface area contributed by atoms with Gasteiger partial charge in [-0.1, -0.05) is 0 Å². The molecule has 0 aliphatic rings. The SMILES string of the molecule is CC(C)(CC(N)=O)NCCCCCO. The standard InChI is InChI=1S/C10H22N2O2/c1-10(2,8-9(11)14)12-6-4-3-5-7-13/h12-13H,3-8H2,1-2H3,(H2,11,14). The minimum absolute atomic E-state index is 0.217. The molecule has 0 spiro atoms. The molecule has 4 heteroatoms. The second-order valence-electron chi connectivity index (χ2n) is 4.24. The minimum Gasteiger partial charge on any atom is -0.396 e. The van der Waals surface area contributed by atoms with Gasteiger partial charge in [0.05, 0.1) is 0 Å². The van der Waals surface area contributed by atoms with E-state index in [4.69, 9.17) is 10.8 Å². The summed E-state index contributed by atoms with van der Waals surface area (Å²) < 4.78 is 0. The molecule has 84 valence electrons. The Hall–Kier alpha value is -0.610. The number of nitrogens with one attached hydrogen (secondary N) is 1. The van der Waals surface area contributed by atoms with Gasteiger partial charge in [0, 0.05) is 18.6 Å². The van der Waals surface area contributed by atoms with E-state index in [1.54, 1.807) is 0 Å². The molecule has 4 nitrogen and oxygen atoms in total. The van der Waals surface area contributed by atoms with Crippen LogP contribution in [0.5, 0.6) is 0 Å². The Morgan fingerprint density at radius 1 is 1.36 bits per heavy atom. The summed E-state index contributed by atoms with van der Waals surface area (Å²) in [6.07, 6.45) is 3.23. The van der Waals surface area contributed by atoms with Crippen molar-refractivity contribution in [3.8, 4) is 0 Å². The number of aliphatic hydroxyl groups excluding tert-OH is 1. The van der Waals surface area contributed by atoms with Gasteiger partial charge in [-0.3, -0.25) is 4.79 Å². The van der Waals surface area contributed by atoms with Crippen LogP contribution in [0, 0.1) is 0 Å². The summed E-state index contributed by atoms with van der Waals surface area (Å²) >= 11 is 0. The number of nitrogens with two attached hydrogens (primary N) is 1. The summed E-state index contributed by atoms with van der Waals surface area (Å²) in [5, 5.41) is 11.8. The predicted octanol–water partition coefficient (Wildman–Crippen LogP) is 0.393. The molecule has 0 heterocycles. The van der Waals surface area contributed by atoms with E-state index in [1.807, 2.05) is 13.8 Å². The molecule has 0 rings (SSSR count). The highest BCUT2D eigenvalue weighted by atomic mass is 16.2. The highest BCUT2D eigenvalue weighted by Crippen LogP contribution is 2.07. The summed E-state index contributed by atoms with van der Waals surface area (Å²) in [4.78, 5) is 10.7. The third kappa shape index (κ3) is 8.01. The van der Waals surface area contributed by atoms with Crippen molar-refractivity contribution < 1.29 is 9.90 Å². The molecule has 0 saturated carbocycles. The Morgan fingerprint density at radius 2 is 2.00 bits per heavy atom. The molecule has 0 aromatic rings. The van der Waals surface area contributed by atoms with Crippen LogP contribution in [0.2, 0.25) is 0 Å². The van der Waals surface area contributed by atoms with Gasteiger partial charge < -0.3 is 16.2 Å². The van der Waals surface area contributed by atoms with Crippen molar-refractivity contribution in [2.24, 2.45) is 5.73 Å². The third-order valence-electron chi connectivity index (χ3n) is 2.05. The molecular weight excluding hydrogens is 180 g/mol. The number of carbonyl (C=O) groups is 1. The monoisotopic (exact) mass is 202 g/mol. The fourth-order valence-corrected chi connectivity index (χ4v) is 1.34. The third-order valence-corrected chi connectivity index (χ3v) is 2.05. The second kappa shape index (κ2) is 6.79. The number of unbranched alkanes of at least 4 members (excludes halogenated alkanes) is 2. The van der Waals surface area contributed by atoms with Crippen LogP contribution in [0.25, 0.3) is 0 Å². The Bertz CT molecular complexity index is 170. The first-order valence-corrected chi connectivity index (χ1v) is 5.12. The summed E-state index contributed by atoms with van der Waals surface area (Å²) in [6, 6.07) is 0. The van der Waals surface area contributed by atoms with Crippen molar-refractivity contribution in [1.82, 2.24) is 5.32 Å². The minimum atomic E-state index is -0.280. The molecule has 0 atom stereocenters. The van der Waals surface area contributed by atoms with E-state index >= 15 is 0 Å². The van der Waals surface area contributed by atoms with Gasteiger partial charge in [-0.15, -0.1) is 0 Å². The molecular formula is C10H22N2O2. The maximum Gasteiger partial charge on any atom is 0.219 e. The van der Waals surface area contributed by atoms with E-state index in [1.165, 1.54) is 0 Å². The van der Waals surface area contributed by atoms with Gasteiger partial charge in [0.1, 0.15) is 0 Å². The van der Waals surface area contributed by atoms with Crippen molar-refractivity contribution in [3.63, 3.8) is 0 Å². The van der Waals surface area contributed by atoms with Crippen LogP contribution in [0.1, 0.15) is 39.5 Å². The first kappa shape index (κ1) is 13.4. The van der Waals surface area contributed by atoms with Crippen LogP contribution in [-0.4, -0.2) is 29.7 Å². The molecule has 1 amide bonds. The number of rotatable bonds is 8. The number of carbonyl (C=O) groups excluding carboxylic acids is 1. The lowest BCUT2D eigenvalue weighted by molar-refractivity contribution is -0.119. The van der Waals surface area contributed by atoms with Gasteiger partial charge in [-0.2, -0.15) is 0 Å². The average Bonchev–Trinajstić information content (AvgIpc) is 2.01. The molecule has 0 bridgehead atoms. The van der Waals surface area contributed by atoms with Crippen molar-refractivity contribution in [2.75, 3.05) is 13.2 Å². The normalized spacial score (nSPS) is 11.6. The molecule has 0 fully saturated rings. The average molecular weight is 202 g/mol. The zero-order chi connectivity index (χ0) is 11.0. The van der Waals surface area contributed by atoms with E-state index in [0.717, 1.165) is 25.8 Å². The number of hydrogen-bond donors (Lipinski definition) is 3. The molecule has 0 aromatic carbocycles. The van der Waals surface area contributed by atoms with Gasteiger partial charge in [0.25, 0.3) is 0 Å². The maximum absolute atomic E-state index is 10.7. The Labute approximate surface area is 85.9 Å². The quantitative estimate of drug-likeness (QED) is 0.498. The van der Waals surface area contributed by atoms with Crippen LogP contribution in [0.4, 0.5) is 0 Å². The molecule has 0 aliphatic carbocycles. The van der Waals surface area contributed by atoms with Crippen LogP contribution in [0.15, 0.2) is 0 Å². The number of amides is 1. The van der Waals surface area contributed by atoms with Crippen LogP contribution < -0.4 is 11.1 Å². The van der Waals surface area contributed by atoms with E-state index in [2.05, 4.69) is 5.32 Å². The van der Waals surface area contributed by atoms with E-state index in [-0.39, 0.29) is 18.1 Å². The first-order valence-electron chi connectivity index (χ1n) is 5.12. The zero-order valence-corrected chi connectivity index (χ0v) is 9.18. The largest absolute Gasteiger partial charge is 0.396 e.